The quantitative estimate of drug-likeness (QED) is 0.330. The van der Waals surface area contributed by atoms with Gasteiger partial charge in [-0.1, -0.05) is 66.7 Å². The molecule has 3 aromatic carbocycles. The highest BCUT2D eigenvalue weighted by Gasteiger charge is 2.26. The second kappa shape index (κ2) is 11.1. The molecule has 0 bridgehead atoms. The molecule has 4 aromatic rings. The molecule has 1 amide bonds. The molecule has 0 fully saturated rings. The summed E-state index contributed by atoms with van der Waals surface area (Å²) in [6, 6.07) is 30.4. The molecule has 0 radical (unpaired) electrons. The van der Waals surface area contributed by atoms with Crippen LogP contribution in [0.1, 0.15) is 46.1 Å². The molecule has 0 aliphatic carbocycles. The lowest BCUT2D eigenvalue weighted by molar-refractivity contribution is -0.114. The Bertz CT molecular complexity index is 1270. The zero-order valence-electron chi connectivity index (χ0n) is 20.3. The van der Waals surface area contributed by atoms with E-state index in [1.807, 2.05) is 54.6 Å². The fraction of sp³-hybridized carbons (Fsp3) is 0.233. The number of fused-ring (bicyclic) bond motifs is 1. The van der Waals surface area contributed by atoms with Crippen LogP contribution in [-0.2, 0) is 17.9 Å². The van der Waals surface area contributed by atoms with Crippen LogP contribution in [0.3, 0.4) is 0 Å². The first-order valence-corrected chi connectivity index (χ1v) is 13.0. The number of carbonyl (C=O) groups excluding carboxylic acids is 1. The first-order valence-electron chi connectivity index (χ1n) is 12.2. The Morgan fingerprint density at radius 3 is 2.33 bits per heavy atom. The van der Waals surface area contributed by atoms with E-state index in [4.69, 9.17) is 4.74 Å². The van der Waals surface area contributed by atoms with E-state index in [2.05, 4.69) is 46.6 Å². The van der Waals surface area contributed by atoms with Crippen LogP contribution >= 0.6 is 11.3 Å². The number of hydrogen-bond donors (Lipinski definition) is 2. The fourth-order valence-electron chi connectivity index (χ4n) is 4.78. The Morgan fingerprint density at radius 1 is 0.972 bits per heavy atom. The smallest absolute Gasteiger partial charge is 0.221 e. The predicted molar refractivity (Wildman–Crippen MR) is 144 cm³/mol. The van der Waals surface area contributed by atoms with Gasteiger partial charge in [0.2, 0.25) is 5.91 Å². The van der Waals surface area contributed by atoms with Crippen LogP contribution in [0.5, 0.6) is 5.75 Å². The number of amides is 1. The highest BCUT2D eigenvalue weighted by atomic mass is 32.1. The number of ether oxygens (including phenoxy) is 1. The zero-order chi connectivity index (χ0) is 24.9. The summed E-state index contributed by atoms with van der Waals surface area (Å²) in [6.45, 7) is 4.43. The van der Waals surface area contributed by atoms with E-state index in [0.29, 0.717) is 6.61 Å². The Morgan fingerprint density at radius 2 is 1.67 bits per heavy atom. The normalized spacial score (nSPS) is 14.5. The van der Waals surface area contributed by atoms with Crippen molar-refractivity contribution in [2.45, 2.75) is 32.0 Å². The molecule has 1 aromatic heterocycles. The first-order chi connectivity index (χ1) is 17.6. The minimum absolute atomic E-state index is 0.0594. The van der Waals surface area contributed by atoms with Crippen molar-refractivity contribution in [3.8, 4) is 5.75 Å². The summed E-state index contributed by atoms with van der Waals surface area (Å²) < 4.78 is 6.06. The summed E-state index contributed by atoms with van der Waals surface area (Å²) in [6.07, 6.45) is -0.700. The van der Waals surface area contributed by atoms with Crippen LogP contribution in [0.15, 0.2) is 91.0 Å². The number of nitrogens with zero attached hydrogens (tertiary/aromatic N) is 1. The average Bonchev–Trinajstić information content (AvgIpc) is 3.21. The molecular formula is C30H30N2O3S. The molecule has 2 N–H and O–H groups in total. The van der Waals surface area contributed by atoms with Gasteiger partial charge in [-0.25, -0.2) is 0 Å². The minimum Gasteiger partial charge on any atom is -0.492 e. The van der Waals surface area contributed by atoms with E-state index in [0.717, 1.165) is 52.6 Å². The van der Waals surface area contributed by atoms with Gasteiger partial charge in [-0.3, -0.25) is 9.69 Å². The summed E-state index contributed by atoms with van der Waals surface area (Å²) in [4.78, 5) is 14.9. The van der Waals surface area contributed by atoms with Crippen molar-refractivity contribution in [3.63, 3.8) is 0 Å². The van der Waals surface area contributed by atoms with Gasteiger partial charge in [0.05, 0.1) is 11.1 Å². The highest BCUT2D eigenvalue weighted by Crippen LogP contribution is 2.38. The topological polar surface area (TPSA) is 61.8 Å². The maximum absolute atomic E-state index is 11.6. The summed E-state index contributed by atoms with van der Waals surface area (Å²) in [5.74, 6) is 0.636. The van der Waals surface area contributed by atoms with Gasteiger partial charge in [0.15, 0.2) is 0 Å². The molecule has 5 rings (SSSR count). The van der Waals surface area contributed by atoms with Crippen molar-refractivity contribution in [1.82, 2.24) is 4.90 Å². The lowest BCUT2D eigenvalue weighted by atomic mass is 9.83. The third-order valence-electron chi connectivity index (χ3n) is 6.46. The van der Waals surface area contributed by atoms with Crippen molar-refractivity contribution < 1.29 is 14.6 Å². The summed E-state index contributed by atoms with van der Waals surface area (Å²) in [5.41, 5.74) is 4.11. The van der Waals surface area contributed by atoms with E-state index >= 15 is 0 Å². The monoisotopic (exact) mass is 498 g/mol. The van der Waals surface area contributed by atoms with Crippen LogP contribution in [0.4, 0.5) is 5.00 Å². The van der Waals surface area contributed by atoms with Crippen LogP contribution in [0.2, 0.25) is 0 Å². The molecule has 1 unspecified atom stereocenters. The summed E-state index contributed by atoms with van der Waals surface area (Å²) >= 11 is 1.60. The molecule has 0 saturated carbocycles. The summed E-state index contributed by atoms with van der Waals surface area (Å²) in [7, 11) is 0. The number of benzene rings is 3. The lowest BCUT2D eigenvalue weighted by Gasteiger charge is -2.25. The van der Waals surface area contributed by atoms with Gasteiger partial charge in [0, 0.05) is 42.9 Å². The van der Waals surface area contributed by atoms with Crippen LogP contribution in [-0.4, -0.2) is 29.1 Å². The average molecular weight is 499 g/mol. The van der Waals surface area contributed by atoms with Gasteiger partial charge in [0.1, 0.15) is 12.4 Å². The van der Waals surface area contributed by atoms with Crippen molar-refractivity contribution in [1.29, 1.82) is 0 Å². The molecule has 5 nitrogen and oxygen atoms in total. The predicted octanol–water partition coefficient (Wildman–Crippen LogP) is 5.97. The molecular weight excluding hydrogens is 468 g/mol. The zero-order valence-corrected chi connectivity index (χ0v) is 21.1. The number of carbonyl (C=O) groups is 1. The Labute approximate surface area is 216 Å². The number of aliphatic hydroxyl groups is 1. The molecule has 6 heteroatoms. The van der Waals surface area contributed by atoms with Gasteiger partial charge < -0.3 is 15.2 Å². The van der Waals surface area contributed by atoms with Crippen molar-refractivity contribution in [2.24, 2.45) is 0 Å². The molecule has 1 aliphatic heterocycles. The Balaban J connectivity index is 1.39. The Hall–Kier alpha value is -3.45. The minimum atomic E-state index is -0.700. The highest BCUT2D eigenvalue weighted by molar-refractivity contribution is 7.16. The molecule has 1 atom stereocenters. The third kappa shape index (κ3) is 5.68. The number of aliphatic hydroxyl groups excluding tert-OH is 1. The SMILES string of the molecule is CC(=O)Nc1ccc(CN2CCOc3ccc(C(O)C(c4ccccc4)c4ccccc4)cc3C2)s1. The van der Waals surface area contributed by atoms with Crippen molar-refractivity contribution >= 4 is 22.2 Å². The van der Waals surface area contributed by atoms with E-state index in [1.54, 1.807) is 11.3 Å². The number of nitrogens with one attached hydrogen (secondary N) is 1. The van der Waals surface area contributed by atoms with Crippen LogP contribution in [0.25, 0.3) is 0 Å². The summed E-state index contributed by atoms with van der Waals surface area (Å²) in [5, 5.41) is 15.4. The number of hydrogen-bond acceptors (Lipinski definition) is 5. The van der Waals surface area contributed by atoms with Gasteiger partial charge in [-0.15, -0.1) is 11.3 Å². The largest absolute Gasteiger partial charge is 0.492 e. The van der Waals surface area contributed by atoms with E-state index in [1.165, 1.54) is 11.8 Å². The van der Waals surface area contributed by atoms with Crippen LogP contribution < -0.4 is 10.1 Å². The number of rotatable bonds is 7. The fourth-order valence-corrected chi connectivity index (χ4v) is 5.78. The van der Waals surface area contributed by atoms with Gasteiger partial charge in [0.25, 0.3) is 0 Å². The molecule has 2 heterocycles. The number of thiophene rings is 1. The van der Waals surface area contributed by atoms with Crippen LogP contribution in [0, 0.1) is 0 Å². The second-order valence-electron chi connectivity index (χ2n) is 9.12. The van der Waals surface area contributed by atoms with E-state index < -0.39 is 6.10 Å². The molecule has 36 heavy (non-hydrogen) atoms. The second-order valence-corrected chi connectivity index (χ2v) is 10.3. The molecule has 0 spiro atoms. The third-order valence-corrected chi connectivity index (χ3v) is 7.44. The standard InChI is InChI=1S/C30H30N2O3S/c1-21(33)31-28-15-13-26(36-28)20-32-16-17-35-27-14-12-24(18-25(27)19-32)30(34)29(22-8-4-2-5-9-22)23-10-6-3-7-11-23/h2-15,18,29-30,34H,16-17,19-20H2,1H3,(H,31,33). The maximum atomic E-state index is 11.6. The number of anilines is 1. The maximum Gasteiger partial charge on any atom is 0.221 e. The lowest BCUT2D eigenvalue weighted by Crippen LogP contribution is -2.24. The molecule has 0 saturated heterocycles. The molecule has 184 valence electrons. The van der Waals surface area contributed by atoms with E-state index in [9.17, 15) is 9.90 Å². The Kier molecular flexibility index (Phi) is 7.47. The van der Waals surface area contributed by atoms with E-state index in [-0.39, 0.29) is 11.8 Å². The van der Waals surface area contributed by atoms with Crippen molar-refractivity contribution in [3.05, 3.63) is 118 Å². The molecule has 1 aliphatic rings. The van der Waals surface area contributed by atoms with Gasteiger partial charge in [-0.05, 0) is 41.0 Å². The first kappa shape index (κ1) is 24.3. The van der Waals surface area contributed by atoms with Gasteiger partial charge in [-0.2, -0.15) is 0 Å². The van der Waals surface area contributed by atoms with Gasteiger partial charge >= 0.3 is 0 Å². The van der Waals surface area contributed by atoms with Crippen molar-refractivity contribution in [2.75, 3.05) is 18.5 Å².